The van der Waals surface area contributed by atoms with E-state index in [9.17, 15) is 8.42 Å². The largest absolute Gasteiger partial charge is 0.339 e. The van der Waals surface area contributed by atoms with Crippen LogP contribution in [0.4, 0.5) is 0 Å². The van der Waals surface area contributed by atoms with Crippen molar-refractivity contribution in [2.75, 3.05) is 31.9 Å². The Morgan fingerprint density at radius 1 is 1.30 bits per heavy atom. The van der Waals surface area contributed by atoms with Crippen LogP contribution < -0.4 is 0 Å². The zero-order valence-electron chi connectivity index (χ0n) is 16.2. The summed E-state index contributed by atoms with van der Waals surface area (Å²) in [4.78, 5) is 6.84. The van der Waals surface area contributed by atoms with Crippen molar-refractivity contribution in [3.05, 3.63) is 29.2 Å². The van der Waals surface area contributed by atoms with Gasteiger partial charge in [-0.15, -0.1) is 0 Å². The average molecular weight is 395 g/mol. The minimum atomic E-state index is -3.25. The van der Waals surface area contributed by atoms with Gasteiger partial charge >= 0.3 is 0 Å². The van der Waals surface area contributed by atoms with E-state index in [4.69, 9.17) is 4.52 Å². The summed E-state index contributed by atoms with van der Waals surface area (Å²) < 4.78 is 33.9. The van der Waals surface area contributed by atoms with Crippen LogP contribution >= 0.6 is 0 Å². The molecular formula is C17H26N6O3S. The van der Waals surface area contributed by atoms with E-state index in [1.807, 2.05) is 24.9 Å². The summed E-state index contributed by atoms with van der Waals surface area (Å²) in [5.74, 6) is 1.38. The average Bonchev–Trinajstić information content (AvgIpc) is 3.31. The second kappa shape index (κ2) is 6.39. The quantitative estimate of drug-likeness (QED) is 0.726. The molecule has 27 heavy (non-hydrogen) atoms. The third-order valence-corrected chi connectivity index (χ3v) is 7.66. The molecule has 0 bridgehead atoms. The van der Waals surface area contributed by atoms with Crippen LogP contribution in [0.3, 0.4) is 0 Å². The Morgan fingerprint density at radius 2 is 2.07 bits per heavy atom. The van der Waals surface area contributed by atoms with Crippen LogP contribution in [0.5, 0.6) is 0 Å². The van der Waals surface area contributed by atoms with Gasteiger partial charge in [-0.2, -0.15) is 10.1 Å². The Morgan fingerprint density at radius 3 is 2.67 bits per heavy atom. The molecular weight excluding hydrogens is 368 g/mol. The fraction of sp³-hybridized carbons (Fsp3) is 0.706. The molecule has 0 N–H and O–H groups in total. The maximum Gasteiger partial charge on any atom is 0.235 e. The van der Waals surface area contributed by atoms with E-state index in [0.29, 0.717) is 31.3 Å². The predicted molar refractivity (Wildman–Crippen MR) is 98.5 cm³/mol. The number of sulfonamides is 1. The Hall–Kier alpha value is -1.78. The number of aromatic nitrogens is 4. The van der Waals surface area contributed by atoms with Crippen LogP contribution in [0.1, 0.15) is 29.9 Å². The van der Waals surface area contributed by atoms with Crippen molar-refractivity contribution in [2.45, 2.75) is 32.7 Å². The number of aryl methyl sites for hydroxylation is 3. The summed E-state index contributed by atoms with van der Waals surface area (Å²) in [7, 11) is -1.33. The Labute approximate surface area is 159 Å². The molecule has 0 amide bonds. The lowest BCUT2D eigenvalue weighted by atomic mass is 9.81. The van der Waals surface area contributed by atoms with Gasteiger partial charge in [0.15, 0.2) is 5.82 Å². The molecule has 0 aliphatic carbocycles. The SMILES string of the molecule is CCS(=O)(=O)N1C[C@@H]2CN(Cc3cn(C)nc3C)C[C@]2(c2nc(C)no2)C1. The lowest BCUT2D eigenvalue weighted by Gasteiger charge is -2.25. The third kappa shape index (κ3) is 3.09. The summed E-state index contributed by atoms with van der Waals surface area (Å²) in [5.41, 5.74) is 1.76. The first-order valence-electron chi connectivity index (χ1n) is 9.23. The lowest BCUT2D eigenvalue weighted by Crippen LogP contribution is -2.40. The number of nitrogens with zero attached hydrogens (tertiary/aromatic N) is 6. The van der Waals surface area contributed by atoms with Gasteiger partial charge in [0.05, 0.1) is 16.9 Å². The number of hydrogen-bond donors (Lipinski definition) is 0. The van der Waals surface area contributed by atoms with Gasteiger partial charge in [0.2, 0.25) is 15.9 Å². The van der Waals surface area contributed by atoms with Crippen molar-refractivity contribution in [3.8, 4) is 0 Å². The van der Waals surface area contributed by atoms with Crippen molar-refractivity contribution in [3.63, 3.8) is 0 Å². The smallest absolute Gasteiger partial charge is 0.235 e. The second-order valence-corrected chi connectivity index (χ2v) is 10.0. The first kappa shape index (κ1) is 18.6. The number of likely N-dealkylation sites (tertiary alicyclic amines) is 1. The van der Waals surface area contributed by atoms with E-state index >= 15 is 0 Å². The number of fused-ring (bicyclic) bond motifs is 1. The number of hydrogen-bond acceptors (Lipinski definition) is 7. The molecule has 9 nitrogen and oxygen atoms in total. The standard InChI is InChI=1S/C17H26N6O3S/c1-5-27(24,25)23-9-15-8-22(7-14-6-21(4)19-12(14)2)10-17(15,11-23)16-18-13(3)20-26-16/h6,15H,5,7-11H2,1-4H3/t15-,17-/m0/s1. The van der Waals surface area contributed by atoms with Gasteiger partial charge in [0.25, 0.3) is 0 Å². The minimum absolute atomic E-state index is 0.108. The van der Waals surface area contributed by atoms with Crippen LogP contribution in [0.2, 0.25) is 0 Å². The minimum Gasteiger partial charge on any atom is -0.339 e. The van der Waals surface area contributed by atoms with Crippen LogP contribution in [0.15, 0.2) is 10.7 Å². The summed E-state index contributed by atoms with van der Waals surface area (Å²) in [6.45, 7) is 8.67. The van der Waals surface area contributed by atoms with E-state index in [1.165, 1.54) is 5.56 Å². The molecule has 4 heterocycles. The molecule has 2 aliphatic rings. The van der Waals surface area contributed by atoms with Gasteiger partial charge in [-0.05, 0) is 20.8 Å². The van der Waals surface area contributed by atoms with Crippen LogP contribution in [-0.4, -0.2) is 69.5 Å². The zero-order valence-corrected chi connectivity index (χ0v) is 17.0. The normalized spacial score (nSPS) is 26.7. The Kier molecular flexibility index (Phi) is 4.39. The first-order chi connectivity index (χ1) is 12.7. The van der Waals surface area contributed by atoms with Gasteiger partial charge in [-0.25, -0.2) is 12.7 Å². The van der Waals surface area contributed by atoms with E-state index in [2.05, 4.69) is 20.1 Å². The molecule has 2 saturated heterocycles. The van der Waals surface area contributed by atoms with E-state index < -0.39 is 15.4 Å². The van der Waals surface area contributed by atoms with Crippen molar-refractivity contribution in [1.29, 1.82) is 0 Å². The molecule has 10 heteroatoms. The summed E-state index contributed by atoms with van der Waals surface area (Å²) in [5, 5.41) is 8.39. The highest BCUT2D eigenvalue weighted by atomic mass is 32.2. The molecule has 2 fully saturated rings. The topological polar surface area (TPSA) is 97.4 Å². The van der Waals surface area contributed by atoms with Crippen LogP contribution in [-0.2, 0) is 29.0 Å². The molecule has 4 rings (SSSR count). The molecule has 0 unspecified atom stereocenters. The zero-order chi connectivity index (χ0) is 19.4. The van der Waals surface area contributed by atoms with E-state index in [-0.39, 0.29) is 11.7 Å². The van der Waals surface area contributed by atoms with E-state index in [1.54, 1.807) is 18.2 Å². The fourth-order valence-electron chi connectivity index (χ4n) is 4.48. The van der Waals surface area contributed by atoms with Gasteiger partial charge in [-0.3, -0.25) is 9.58 Å². The fourth-order valence-corrected chi connectivity index (χ4v) is 5.68. The Bertz CT molecular complexity index is 952. The lowest BCUT2D eigenvalue weighted by molar-refractivity contribution is 0.244. The van der Waals surface area contributed by atoms with Crippen LogP contribution in [0, 0.1) is 19.8 Å². The molecule has 2 aliphatic heterocycles. The molecule has 2 atom stereocenters. The van der Waals surface area contributed by atoms with Gasteiger partial charge in [0.1, 0.15) is 0 Å². The van der Waals surface area contributed by atoms with Crippen molar-refractivity contribution in [2.24, 2.45) is 13.0 Å². The Balaban J connectivity index is 1.63. The maximum atomic E-state index is 12.5. The molecule has 0 saturated carbocycles. The van der Waals surface area contributed by atoms with Gasteiger partial charge in [0, 0.05) is 57.4 Å². The molecule has 0 aromatic carbocycles. The molecule has 148 valence electrons. The van der Waals surface area contributed by atoms with Gasteiger partial charge in [-0.1, -0.05) is 5.16 Å². The highest BCUT2D eigenvalue weighted by Crippen LogP contribution is 2.45. The molecule has 2 aromatic rings. The molecule has 2 aromatic heterocycles. The summed E-state index contributed by atoms with van der Waals surface area (Å²) in [6, 6.07) is 0. The maximum absolute atomic E-state index is 12.5. The van der Waals surface area contributed by atoms with Crippen molar-refractivity contribution < 1.29 is 12.9 Å². The molecule has 0 radical (unpaired) electrons. The van der Waals surface area contributed by atoms with Crippen LogP contribution in [0.25, 0.3) is 0 Å². The van der Waals surface area contributed by atoms with Crippen molar-refractivity contribution >= 4 is 10.0 Å². The predicted octanol–water partition coefficient (Wildman–Crippen LogP) is 0.455. The third-order valence-electron chi connectivity index (χ3n) is 5.87. The summed E-state index contributed by atoms with van der Waals surface area (Å²) >= 11 is 0. The van der Waals surface area contributed by atoms with E-state index in [0.717, 1.165) is 18.8 Å². The first-order valence-corrected chi connectivity index (χ1v) is 10.8. The van der Waals surface area contributed by atoms with Gasteiger partial charge < -0.3 is 4.52 Å². The monoisotopic (exact) mass is 394 g/mol. The molecule has 0 spiro atoms. The van der Waals surface area contributed by atoms with Crippen molar-refractivity contribution in [1.82, 2.24) is 29.1 Å². The summed E-state index contributed by atoms with van der Waals surface area (Å²) in [6.07, 6.45) is 2.04. The highest BCUT2D eigenvalue weighted by Gasteiger charge is 2.58. The second-order valence-electron chi connectivity index (χ2n) is 7.78. The highest BCUT2D eigenvalue weighted by molar-refractivity contribution is 7.89. The number of rotatable bonds is 5.